The van der Waals surface area contributed by atoms with Crippen LogP contribution < -0.4 is 5.48 Å². The van der Waals surface area contributed by atoms with Gasteiger partial charge in [0.15, 0.2) is 0 Å². The highest BCUT2D eigenvalue weighted by Crippen LogP contribution is 2.23. The van der Waals surface area contributed by atoms with Crippen molar-refractivity contribution in [1.29, 1.82) is 0 Å². The summed E-state index contributed by atoms with van der Waals surface area (Å²) in [6.45, 7) is 0. The topological polar surface area (TPSA) is 41.6 Å². The standard InChI is InChI=1S/C12H14N2O2/c1-14(2)12(15)10-8-11(16-13-10)9-6-4-3-5-7-9/h3-8,11,13H,1-2H3/t11-/m1/s1. The second-order valence-corrected chi connectivity index (χ2v) is 3.83. The molecular weight excluding hydrogens is 204 g/mol. The number of carbonyl (C=O) groups excluding carboxylic acids is 1. The van der Waals surface area contributed by atoms with E-state index in [-0.39, 0.29) is 12.0 Å². The maximum atomic E-state index is 11.6. The van der Waals surface area contributed by atoms with Gasteiger partial charge in [-0.25, -0.2) is 0 Å². The summed E-state index contributed by atoms with van der Waals surface area (Å²) < 4.78 is 0. The van der Waals surface area contributed by atoms with Crippen LogP contribution in [0.1, 0.15) is 11.7 Å². The van der Waals surface area contributed by atoms with Gasteiger partial charge in [0.2, 0.25) is 0 Å². The van der Waals surface area contributed by atoms with E-state index < -0.39 is 0 Å². The van der Waals surface area contributed by atoms with Crippen LogP contribution in [0.3, 0.4) is 0 Å². The van der Waals surface area contributed by atoms with E-state index in [1.165, 1.54) is 4.90 Å². The molecule has 84 valence electrons. The first kappa shape index (κ1) is 10.7. The highest BCUT2D eigenvalue weighted by atomic mass is 16.7. The molecule has 4 heteroatoms. The largest absolute Gasteiger partial charge is 0.343 e. The summed E-state index contributed by atoms with van der Waals surface area (Å²) in [7, 11) is 3.42. The summed E-state index contributed by atoms with van der Waals surface area (Å²) in [6.07, 6.45) is 1.59. The van der Waals surface area contributed by atoms with Crippen molar-refractivity contribution in [3.05, 3.63) is 47.7 Å². The van der Waals surface area contributed by atoms with Gasteiger partial charge in [-0.05, 0) is 11.6 Å². The Morgan fingerprint density at radius 3 is 2.62 bits per heavy atom. The monoisotopic (exact) mass is 218 g/mol. The molecule has 0 aliphatic carbocycles. The highest BCUT2D eigenvalue weighted by Gasteiger charge is 2.23. The molecule has 16 heavy (non-hydrogen) atoms. The molecule has 0 radical (unpaired) electrons. The quantitative estimate of drug-likeness (QED) is 0.812. The van der Waals surface area contributed by atoms with Crippen LogP contribution in [-0.4, -0.2) is 24.9 Å². The van der Waals surface area contributed by atoms with Crippen molar-refractivity contribution in [3.63, 3.8) is 0 Å². The van der Waals surface area contributed by atoms with Crippen LogP contribution in [0.4, 0.5) is 0 Å². The Kier molecular flexibility index (Phi) is 2.92. The van der Waals surface area contributed by atoms with Gasteiger partial charge in [0, 0.05) is 14.1 Å². The van der Waals surface area contributed by atoms with Gasteiger partial charge >= 0.3 is 0 Å². The molecule has 0 fully saturated rings. The molecule has 1 heterocycles. The third-order valence-electron chi connectivity index (χ3n) is 2.38. The Balaban J connectivity index is 2.15. The summed E-state index contributed by atoms with van der Waals surface area (Å²) in [5.74, 6) is -0.0848. The average molecular weight is 218 g/mol. The molecule has 0 aromatic heterocycles. The van der Waals surface area contributed by atoms with Crippen molar-refractivity contribution in [3.8, 4) is 0 Å². The summed E-state index contributed by atoms with van der Waals surface area (Å²) in [5, 5.41) is 0. The van der Waals surface area contributed by atoms with E-state index >= 15 is 0 Å². The highest BCUT2D eigenvalue weighted by molar-refractivity contribution is 5.92. The number of hydrogen-bond acceptors (Lipinski definition) is 3. The summed E-state index contributed by atoms with van der Waals surface area (Å²) in [4.78, 5) is 18.5. The van der Waals surface area contributed by atoms with E-state index in [1.807, 2.05) is 30.3 Å². The Hall–Kier alpha value is -1.81. The van der Waals surface area contributed by atoms with Crippen LogP contribution >= 0.6 is 0 Å². The van der Waals surface area contributed by atoms with E-state index in [1.54, 1.807) is 20.2 Å². The summed E-state index contributed by atoms with van der Waals surface area (Å²) in [5.41, 5.74) is 4.17. The predicted octanol–water partition coefficient (Wildman–Crippen LogP) is 1.23. The van der Waals surface area contributed by atoms with E-state index in [0.29, 0.717) is 5.70 Å². The lowest BCUT2D eigenvalue weighted by Crippen LogP contribution is -2.28. The van der Waals surface area contributed by atoms with E-state index in [9.17, 15) is 4.79 Å². The van der Waals surface area contributed by atoms with Gasteiger partial charge in [0.25, 0.3) is 5.91 Å². The van der Waals surface area contributed by atoms with Crippen molar-refractivity contribution >= 4 is 5.91 Å². The molecule has 1 amide bonds. The number of hydroxylamine groups is 1. The molecule has 1 atom stereocenters. The predicted molar refractivity (Wildman–Crippen MR) is 60.2 cm³/mol. The van der Waals surface area contributed by atoms with E-state index in [4.69, 9.17) is 4.84 Å². The van der Waals surface area contributed by atoms with Gasteiger partial charge in [-0.15, -0.1) is 0 Å². The second-order valence-electron chi connectivity index (χ2n) is 3.83. The van der Waals surface area contributed by atoms with Gasteiger partial charge in [-0.3, -0.25) is 15.1 Å². The lowest BCUT2D eigenvalue weighted by molar-refractivity contribution is -0.126. The smallest absolute Gasteiger partial charge is 0.271 e. The van der Waals surface area contributed by atoms with Gasteiger partial charge < -0.3 is 4.90 Å². The molecule has 1 N–H and O–H groups in total. The van der Waals surface area contributed by atoms with Crippen LogP contribution in [0.15, 0.2) is 42.1 Å². The molecular formula is C12H14N2O2. The molecule has 1 aromatic carbocycles. The third kappa shape index (κ3) is 2.06. The maximum absolute atomic E-state index is 11.6. The zero-order chi connectivity index (χ0) is 11.5. The number of benzene rings is 1. The minimum Gasteiger partial charge on any atom is -0.343 e. The summed E-state index contributed by atoms with van der Waals surface area (Å²) >= 11 is 0. The third-order valence-corrected chi connectivity index (χ3v) is 2.38. The number of likely N-dealkylation sites (N-methyl/N-ethyl adjacent to an activating group) is 1. The van der Waals surface area contributed by atoms with Crippen LogP contribution in [0.2, 0.25) is 0 Å². The fourth-order valence-electron chi connectivity index (χ4n) is 1.51. The minimum atomic E-state index is -0.194. The van der Waals surface area contributed by atoms with Gasteiger partial charge in [0.1, 0.15) is 11.8 Å². The number of hydrogen-bond donors (Lipinski definition) is 1. The fraction of sp³-hybridized carbons (Fsp3) is 0.250. The zero-order valence-electron chi connectivity index (χ0n) is 9.31. The first-order valence-corrected chi connectivity index (χ1v) is 5.08. The number of amides is 1. The van der Waals surface area contributed by atoms with Crippen LogP contribution in [-0.2, 0) is 9.63 Å². The number of rotatable bonds is 2. The molecule has 0 bridgehead atoms. The van der Waals surface area contributed by atoms with Crippen LogP contribution in [0.5, 0.6) is 0 Å². The molecule has 1 aliphatic rings. The second kappa shape index (κ2) is 4.37. The molecule has 0 unspecified atom stereocenters. The number of nitrogens with one attached hydrogen (secondary N) is 1. The molecule has 0 spiro atoms. The van der Waals surface area contributed by atoms with Gasteiger partial charge in [-0.2, -0.15) is 0 Å². The molecule has 1 aliphatic heterocycles. The first-order valence-electron chi connectivity index (χ1n) is 5.08. The van der Waals surface area contributed by atoms with E-state index in [2.05, 4.69) is 5.48 Å². The molecule has 0 saturated carbocycles. The molecule has 4 nitrogen and oxygen atoms in total. The maximum Gasteiger partial charge on any atom is 0.271 e. The fourth-order valence-corrected chi connectivity index (χ4v) is 1.51. The van der Waals surface area contributed by atoms with Gasteiger partial charge in [-0.1, -0.05) is 30.3 Å². The zero-order valence-corrected chi connectivity index (χ0v) is 9.31. The Morgan fingerprint density at radius 2 is 2.00 bits per heavy atom. The SMILES string of the molecule is CN(C)C(=O)C1=C[C@H](c2ccccc2)ON1. The molecule has 0 saturated heterocycles. The Labute approximate surface area is 94.5 Å². The van der Waals surface area contributed by atoms with Gasteiger partial charge in [0.05, 0.1) is 0 Å². The van der Waals surface area contributed by atoms with Crippen molar-refractivity contribution < 1.29 is 9.63 Å². The lowest BCUT2D eigenvalue weighted by atomic mass is 10.1. The minimum absolute atomic E-state index is 0.0848. The van der Waals surface area contributed by atoms with Crippen LogP contribution in [0.25, 0.3) is 0 Å². The van der Waals surface area contributed by atoms with Crippen LogP contribution in [0, 0.1) is 0 Å². The van der Waals surface area contributed by atoms with Crippen molar-refractivity contribution in [1.82, 2.24) is 10.4 Å². The average Bonchev–Trinajstić information content (AvgIpc) is 2.78. The molecule has 1 aromatic rings. The number of carbonyl (C=O) groups is 1. The van der Waals surface area contributed by atoms with E-state index in [0.717, 1.165) is 5.56 Å². The number of nitrogens with zero attached hydrogens (tertiary/aromatic N) is 1. The first-order chi connectivity index (χ1) is 7.68. The van der Waals surface area contributed by atoms with Crippen molar-refractivity contribution in [2.75, 3.05) is 14.1 Å². The normalized spacial score (nSPS) is 18.9. The molecule has 2 rings (SSSR count). The van der Waals surface area contributed by atoms with Crippen molar-refractivity contribution in [2.24, 2.45) is 0 Å². The Morgan fingerprint density at radius 1 is 1.31 bits per heavy atom. The van der Waals surface area contributed by atoms with Crippen molar-refractivity contribution in [2.45, 2.75) is 6.10 Å². The Bertz CT molecular complexity index is 412. The lowest BCUT2D eigenvalue weighted by Gasteiger charge is -2.10. The summed E-state index contributed by atoms with van der Waals surface area (Å²) in [6, 6.07) is 9.76.